The first kappa shape index (κ1) is 24.1. The van der Waals surface area contributed by atoms with Gasteiger partial charge in [0, 0.05) is 24.8 Å². The third-order valence-electron chi connectivity index (χ3n) is 4.78. The highest BCUT2D eigenvalue weighted by atomic mass is 32.2. The summed E-state index contributed by atoms with van der Waals surface area (Å²) < 4.78 is 71.0. The second-order valence-corrected chi connectivity index (χ2v) is 8.90. The molecule has 0 aliphatic rings. The van der Waals surface area contributed by atoms with E-state index >= 15 is 0 Å². The van der Waals surface area contributed by atoms with Crippen LogP contribution in [0.4, 0.5) is 18.9 Å². The van der Waals surface area contributed by atoms with Gasteiger partial charge in [-0.2, -0.15) is 13.2 Å². The number of amides is 1. The molecule has 3 aromatic carbocycles. The number of carbonyl (C=O) groups is 1. The zero-order chi connectivity index (χ0) is 24.2. The highest BCUT2D eigenvalue weighted by Gasteiger charge is 2.30. The van der Waals surface area contributed by atoms with Gasteiger partial charge in [0.15, 0.2) is 0 Å². The average Bonchev–Trinajstić information content (AvgIpc) is 2.78. The quantitative estimate of drug-likeness (QED) is 0.530. The SMILES string of the molecule is COc1ccc(CN(C)C(=O)c2ccc(S(=O)(=O)Nc3cccc(C(F)(F)F)c3)cc2)cc1. The van der Waals surface area contributed by atoms with E-state index in [1.54, 1.807) is 26.3 Å². The number of ether oxygens (including phenoxy) is 1. The molecule has 6 nitrogen and oxygen atoms in total. The van der Waals surface area contributed by atoms with E-state index in [1.165, 1.54) is 35.2 Å². The summed E-state index contributed by atoms with van der Waals surface area (Å²) in [6.07, 6.45) is -4.60. The monoisotopic (exact) mass is 478 g/mol. The van der Waals surface area contributed by atoms with Gasteiger partial charge in [-0.3, -0.25) is 9.52 Å². The molecule has 0 saturated carbocycles. The van der Waals surface area contributed by atoms with Crippen LogP contribution in [-0.2, 0) is 22.7 Å². The summed E-state index contributed by atoms with van der Waals surface area (Å²) in [5.41, 5.74) is -0.0343. The first-order valence-electron chi connectivity index (χ1n) is 9.68. The molecule has 3 aromatic rings. The predicted octanol–water partition coefficient (Wildman–Crippen LogP) is 4.79. The topological polar surface area (TPSA) is 75.7 Å². The number of nitrogens with one attached hydrogen (secondary N) is 1. The Hall–Kier alpha value is -3.53. The molecule has 1 amide bonds. The number of hydrogen-bond acceptors (Lipinski definition) is 4. The molecule has 0 radical (unpaired) electrons. The Kier molecular flexibility index (Phi) is 6.97. The maximum absolute atomic E-state index is 12.9. The highest BCUT2D eigenvalue weighted by molar-refractivity contribution is 7.92. The number of rotatable bonds is 7. The molecule has 33 heavy (non-hydrogen) atoms. The fraction of sp³-hybridized carbons (Fsp3) is 0.174. The van der Waals surface area contributed by atoms with Crippen LogP contribution in [0.5, 0.6) is 5.75 Å². The van der Waals surface area contributed by atoms with Crippen molar-refractivity contribution in [1.29, 1.82) is 0 Å². The second kappa shape index (κ2) is 9.53. The van der Waals surface area contributed by atoms with Gasteiger partial charge in [-0.15, -0.1) is 0 Å². The molecule has 0 aliphatic carbocycles. The minimum Gasteiger partial charge on any atom is -0.497 e. The normalized spacial score (nSPS) is 11.7. The molecular weight excluding hydrogens is 457 g/mol. The molecule has 0 atom stereocenters. The zero-order valence-electron chi connectivity index (χ0n) is 17.8. The van der Waals surface area contributed by atoms with Crippen LogP contribution in [0.15, 0.2) is 77.7 Å². The highest BCUT2D eigenvalue weighted by Crippen LogP contribution is 2.31. The first-order valence-corrected chi connectivity index (χ1v) is 11.2. The van der Waals surface area contributed by atoms with Crippen molar-refractivity contribution in [3.63, 3.8) is 0 Å². The molecule has 0 saturated heterocycles. The number of halogens is 3. The van der Waals surface area contributed by atoms with Crippen molar-refractivity contribution >= 4 is 21.6 Å². The lowest BCUT2D eigenvalue weighted by atomic mass is 10.1. The van der Waals surface area contributed by atoms with Crippen LogP contribution in [0.1, 0.15) is 21.5 Å². The van der Waals surface area contributed by atoms with Crippen molar-refractivity contribution in [2.24, 2.45) is 0 Å². The van der Waals surface area contributed by atoms with Crippen LogP contribution in [0.3, 0.4) is 0 Å². The van der Waals surface area contributed by atoms with E-state index in [2.05, 4.69) is 4.72 Å². The summed E-state index contributed by atoms with van der Waals surface area (Å²) in [6.45, 7) is 0.333. The zero-order valence-corrected chi connectivity index (χ0v) is 18.6. The van der Waals surface area contributed by atoms with Gasteiger partial charge < -0.3 is 9.64 Å². The summed E-state index contributed by atoms with van der Waals surface area (Å²) in [7, 11) is -0.971. The number of sulfonamides is 1. The number of methoxy groups -OCH3 is 1. The Morgan fingerprint density at radius 1 is 1.00 bits per heavy atom. The Bertz CT molecular complexity index is 1230. The number of nitrogens with zero attached hydrogens (tertiary/aromatic N) is 1. The maximum Gasteiger partial charge on any atom is 0.416 e. The fourth-order valence-corrected chi connectivity index (χ4v) is 4.10. The van der Waals surface area contributed by atoms with Crippen molar-refractivity contribution in [3.05, 3.63) is 89.5 Å². The number of hydrogen-bond donors (Lipinski definition) is 1. The van der Waals surface area contributed by atoms with E-state index in [0.717, 1.165) is 17.7 Å². The van der Waals surface area contributed by atoms with E-state index in [-0.39, 0.29) is 22.1 Å². The number of alkyl halides is 3. The van der Waals surface area contributed by atoms with E-state index in [9.17, 15) is 26.4 Å². The van der Waals surface area contributed by atoms with Crippen molar-refractivity contribution in [1.82, 2.24) is 4.90 Å². The van der Waals surface area contributed by atoms with Crippen molar-refractivity contribution in [3.8, 4) is 5.75 Å². The maximum atomic E-state index is 12.9. The van der Waals surface area contributed by atoms with Gasteiger partial charge >= 0.3 is 6.18 Å². The molecule has 0 heterocycles. The largest absolute Gasteiger partial charge is 0.497 e. The average molecular weight is 478 g/mol. The smallest absolute Gasteiger partial charge is 0.416 e. The van der Waals surface area contributed by atoms with Gasteiger partial charge in [0.2, 0.25) is 0 Å². The van der Waals surface area contributed by atoms with E-state index < -0.39 is 21.8 Å². The van der Waals surface area contributed by atoms with Crippen LogP contribution in [0.2, 0.25) is 0 Å². The number of carbonyl (C=O) groups excluding carboxylic acids is 1. The van der Waals surface area contributed by atoms with Crippen LogP contribution in [0, 0.1) is 0 Å². The molecule has 0 spiro atoms. The standard InChI is InChI=1S/C23H21F3N2O4S/c1-28(15-16-6-10-20(32-2)11-7-16)22(29)17-8-12-21(13-9-17)33(30,31)27-19-5-3-4-18(14-19)23(24,25)26/h3-14,27H,15H2,1-2H3. The van der Waals surface area contributed by atoms with Crippen LogP contribution < -0.4 is 9.46 Å². The second-order valence-electron chi connectivity index (χ2n) is 7.22. The minimum absolute atomic E-state index is 0.186. The van der Waals surface area contributed by atoms with E-state index in [4.69, 9.17) is 4.74 Å². The Balaban J connectivity index is 1.71. The van der Waals surface area contributed by atoms with Gasteiger partial charge in [0.05, 0.1) is 17.6 Å². The Morgan fingerprint density at radius 2 is 1.64 bits per heavy atom. The summed E-state index contributed by atoms with van der Waals surface area (Å²) in [6, 6.07) is 16.3. The predicted molar refractivity (Wildman–Crippen MR) is 117 cm³/mol. The van der Waals surface area contributed by atoms with E-state index in [0.29, 0.717) is 18.4 Å². The first-order chi connectivity index (χ1) is 15.5. The summed E-state index contributed by atoms with van der Waals surface area (Å²) in [5.74, 6) is 0.379. The van der Waals surface area contributed by atoms with Crippen LogP contribution in [0.25, 0.3) is 0 Å². The van der Waals surface area contributed by atoms with Gasteiger partial charge in [0.25, 0.3) is 15.9 Å². The van der Waals surface area contributed by atoms with Crippen molar-refractivity contribution in [2.75, 3.05) is 18.9 Å². The molecule has 10 heteroatoms. The van der Waals surface area contributed by atoms with Crippen LogP contribution in [-0.4, -0.2) is 33.4 Å². The molecule has 1 N–H and O–H groups in total. The Morgan fingerprint density at radius 3 is 2.21 bits per heavy atom. The molecule has 0 aliphatic heterocycles. The fourth-order valence-electron chi connectivity index (χ4n) is 3.05. The lowest BCUT2D eigenvalue weighted by molar-refractivity contribution is -0.137. The van der Waals surface area contributed by atoms with Gasteiger partial charge in [-0.25, -0.2) is 8.42 Å². The molecule has 0 bridgehead atoms. The van der Waals surface area contributed by atoms with Crippen molar-refractivity contribution < 1.29 is 31.1 Å². The van der Waals surface area contributed by atoms with Crippen LogP contribution >= 0.6 is 0 Å². The van der Waals surface area contributed by atoms with E-state index in [1.807, 2.05) is 12.1 Å². The molecule has 174 valence electrons. The van der Waals surface area contributed by atoms with Gasteiger partial charge in [0.1, 0.15) is 5.75 Å². The summed E-state index contributed by atoms with van der Waals surface area (Å²) in [4.78, 5) is 14.0. The molecular formula is C23H21F3N2O4S. The lowest BCUT2D eigenvalue weighted by Crippen LogP contribution is -2.26. The molecule has 0 aromatic heterocycles. The third kappa shape index (κ3) is 6.04. The summed E-state index contributed by atoms with van der Waals surface area (Å²) in [5, 5.41) is 0. The molecule has 0 unspecified atom stereocenters. The van der Waals surface area contributed by atoms with Gasteiger partial charge in [-0.05, 0) is 60.2 Å². The molecule has 3 rings (SSSR count). The summed E-state index contributed by atoms with van der Waals surface area (Å²) >= 11 is 0. The lowest BCUT2D eigenvalue weighted by Gasteiger charge is -2.18. The third-order valence-corrected chi connectivity index (χ3v) is 6.18. The van der Waals surface area contributed by atoms with Gasteiger partial charge in [-0.1, -0.05) is 18.2 Å². The number of anilines is 1. The minimum atomic E-state index is -4.60. The number of benzene rings is 3. The molecule has 0 fully saturated rings. The van der Waals surface area contributed by atoms with Crippen molar-refractivity contribution in [2.45, 2.75) is 17.6 Å². The Labute approximate surface area is 189 Å².